The summed E-state index contributed by atoms with van der Waals surface area (Å²) < 4.78 is 5.68. The third-order valence-corrected chi connectivity index (χ3v) is 4.63. The summed E-state index contributed by atoms with van der Waals surface area (Å²) in [7, 11) is 0. The average Bonchev–Trinajstić information content (AvgIpc) is 3.07. The molecule has 1 fully saturated rings. The smallest absolute Gasteiger partial charge is 0.254 e. The summed E-state index contributed by atoms with van der Waals surface area (Å²) in [5.74, 6) is -0.0279. The predicted octanol–water partition coefficient (Wildman–Crippen LogP) is 4.52. The molecule has 0 radical (unpaired) electrons. The molecular formula is C19H19Cl2NO3. The number of ether oxygens (including phenoxy) is 1. The first kappa shape index (κ1) is 18.1. The molecule has 0 aromatic heterocycles. The molecule has 2 aromatic carbocycles. The topological polar surface area (TPSA) is 49.8 Å². The molecule has 0 bridgehead atoms. The molecule has 6 heteroatoms. The lowest BCUT2D eigenvalue weighted by molar-refractivity contribution is 0.0506. The Hall–Kier alpha value is -1.75. The Kier molecular flexibility index (Phi) is 5.84. The molecule has 3 rings (SSSR count). The predicted molar refractivity (Wildman–Crippen MR) is 98.3 cm³/mol. The van der Waals surface area contributed by atoms with Crippen LogP contribution in [0.1, 0.15) is 28.8 Å². The molecule has 1 aliphatic rings. The maximum absolute atomic E-state index is 13.0. The van der Waals surface area contributed by atoms with E-state index in [2.05, 4.69) is 0 Å². The molecule has 132 valence electrons. The van der Waals surface area contributed by atoms with Crippen LogP contribution >= 0.6 is 23.2 Å². The quantitative estimate of drug-likeness (QED) is 0.830. The molecule has 1 amide bonds. The van der Waals surface area contributed by atoms with Gasteiger partial charge in [0.1, 0.15) is 5.75 Å². The highest BCUT2D eigenvalue weighted by Crippen LogP contribution is 2.24. The zero-order valence-corrected chi connectivity index (χ0v) is 15.1. The first-order chi connectivity index (χ1) is 12.0. The summed E-state index contributed by atoms with van der Waals surface area (Å²) in [5.41, 5.74) is 1.10. The van der Waals surface area contributed by atoms with E-state index in [0.29, 0.717) is 34.3 Å². The van der Waals surface area contributed by atoms with Crippen LogP contribution in [-0.4, -0.2) is 35.2 Å². The van der Waals surface area contributed by atoms with E-state index in [-0.39, 0.29) is 24.3 Å². The van der Waals surface area contributed by atoms with Crippen LogP contribution in [0, 0.1) is 0 Å². The van der Waals surface area contributed by atoms with Crippen LogP contribution in [0.2, 0.25) is 10.0 Å². The fraction of sp³-hybridized carbons (Fsp3) is 0.316. The van der Waals surface area contributed by atoms with Crippen molar-refractivity contribution in [2.45, 2.75) is 25.5 Å². The van der Waals surface area contributed by atoms with Crippen LogP contribution in [0.3, 0.4) is 0 Å². The summed E-state index contributed by atoms with van der Waals surface area (Å²) >= 11 is 12.1. The van der Waals surface area contributed by atoms with Crippen molar-refractivity contribution in [3.63, 3.8) is 0 Å². The minimum Gasteiger partial charge on any atom is -0.508 e. The maximum Gasteiger partial charge on any atom is 0.254 e. The van der Waals surface area contributed by atoms with Gasteiger partial charge in [-0.2, -0.15) is 0 Å². The van der Waals surface area contributed by atoms with Gasteiger partial charge < -0.3 is 14.7 Å². The third-order valence-electron chi connectivity index (χ3n) is 4.20. The van der Waals surface area contributed by atoms with Crippen LogP contribution in [0.25, 0.3) is 0 Å². The lowest BCUT2D eigenvalue weighted by atomic mass is 10.1. The van der Waals surface area contributed by atoms with Crippen LogP contribution in [0.15, 0.2) is 42.5 Å². The maximum atomic E-state index is 13.0. The Bertz CT molecular complexity index is 740. The van der Waals surface area contributed by atoms with Crippen molar-refractivity contribution in [2.24, 2.45) is 0 Å². The van der Waals surface area contributed by atoms with Crippen molar-refractivity contribution >= 4 is 29.1 Å². The molecule has 1 aliphatic heterocycles. The molecule has 0 spiro atoms. The van der Waals surface area contributed by atoms with Crippen LogP contribution in [-0.2, 0) is 11.3 Å². The van der Waals surface area contributed by atoms with Crippen LogP contribution < -0.4 is 0 Å². The van der Waals surface area contributed by atoms with E-state index in [0.717, 1.165) is 12.8 Å². The van der Waals surface area contributed by atoms with Crippen molar-refractivity contribution in [2.75, 3.05) is 13.2 Å². The lowest BCUT2D eigenvalue weighted by Gasteiger charge is -2.26. The third kappa shape index (κ3) is 4.66. The van der Waals surface area contributed by atoms with Crippen LogP contribution in [0.5, 0.6) is 5.75 Å². The number of carbonyl (C=O) groups is 1. The van der Waals surface area contributed by atoms with E-state index in [9.17, 15) is 9.90 Å². The van der Waals surface area contributed by atoms with Crippen molar-refractivity contribution in [3.8, 4) is 5.75 Å². The summed E-state index contributed by atoms with van der Waals surface area (Å²) in [6.07, 6.45) is 1.91. The van der Waals surface area contributed by atoms with E-state index in [4.69, 9.17) is 27.9 Å². The first-order valence-electron chi connectivity index (χ1n) is 8.17. The number of carbonyl (C=O) groups excluding carboxylic acids is 1. The molecule has 25 heavy (non-hydrogen) atoms. The molecule has 0 aliphatic carbocycles. The fourth-order valence-electron chi connectivity index (χ4n) is 2.96. The number of rotatable bonds is 5. The van der Waals surface area contributed by atoms with Gasteiger partial charge in [-0.3, -0.25) is 4.79 Å². The molecule has 1 unspecified atom stereocenters. The number of nitrogens with zero attached hydrogens (tertiary/aromatic N) is 1. The van der Waals surface area contributed by atoms with E-state index in [1.165, 1.54) is 0 Å². The van der Waals surface area contributed by atoms with Gasteiger partial charge in [-0.25, -0.2) is 0 Å². The van der Waals surface area contributed by atoms with Gasteiger partial charge in [-0.1, -0.05) is 41.4 Å². The zero-order chi connectivity index (χ0) is 17.8. The average molecular weight is 380 g/mol. The number of hydrogen-bond acceptors (Lipinski definition) is 3. The van der Waals surface area contributed by atoms with Gasteiger partial charge in [-0.15, -0.1) is 0 Å². The number of phenols is 1. The Morgan fingerprint density at radius 1 is 1.20 bits per heavy atom. The van der Waals surface area contributed by atoms with E-state index >= 15 is 0 Å². The SMILES string of the molecule is O=C(c1cc(Cl)cc(Cl)c1)N(Cc1ccccc1O)CC1CCCO1. The second kappa shape index (κ2) is 8.09. The number of para-hydroxylation sites is 1. The normalized spacial score (nSPS) is 16.8. The first-order valence-corrected chi connectivity index (χ1v) is 8.92. The van der Waals surface area contributed by atoms with Gasteiger partial charge in [0.05, 0.1) is 6.10 Å². The molecule has 1 atom stereocenters. The van der Waals surface area contributed by atoms with E-state index < -0.39 is 0 Å². The lowest BCUT2D eigenvalue weighted by Crippen LogP contribution is -2.37. The second-order valence-corrected chi connectivity index (χ2v) is 6.98. The minimum absolute atomic E-state index is 0.00413. The van der Waals surface area contributed by atoms with E-state index in [1.807, 2.05) is 6.07 Å². The molecule has 4 nitrogen and oxygen atoms in total. The van der Waals surface area contributed by atoms with Gasteiger partial charge >= 0.3 is 0 Å². The number of hydrogen-bond donors (Lipinski definition) is 1. The number of amides is 1. The molecule has 2 aromatic rings. The Labute approximate surface area is 156 Å². The number of aromatic hydroxyl groups is 1. The molecule has 0 saturated carbocycles. The Morgan fingerprint density at radius 2 is 1.92 bits per heavy atom. The number of phenolic OH excluding ortho intramolecular Hbond substituents is 1. The largest absolute Gasteiger partial charge is 0.508 e. The van der Waals surface area contributed by atoms with Crippen molar-refractivity contribution in [1.82, 2.24) is 4.90 Å². The number of halogens is 2. The van der Waals surface area contributed by atoms with Gasteiger partial charge in [-0.05, 0) is 37.1 Å². The summed E-state index contributed by atoms with van der Waals surface area (Å²) in [6, 6.07) is 11.8. The summed E-state index contributed by atoms with van der Waals surface area (Å²) in [4.78, 5) is 14.7. The van der Waals surface area contributed by atoms with Gasteiger partial charge in [0.25, 0.3) is 5.91 Å². The Balaban J connectivity index is 1.86. The second-order valence-electron chi connectivity index (χ2n) is 6.11. The highest BCUT2D eigenvalue weighted by atomic mass is 35.5. The van der Waals surface area contributed by atoms with Gasteiger partial charge in [0.15, 0.2) is 0 Å². The molecule has 1 N–H and O–H groups in total. The van der Waals surface area contributed by atoms with Crippen LogP contribution in [0.4, 0.5) is 0 Å². The van der Waals surface area contributed by atoms with Gasteiger partial charge in [0.2, 0.25) is 0 Å². The molecule has 1 saturated heterocycles. The van der Waals surface area contributed by atoms with Crippen molar-refractivity contribution in [1.29, 1.82) is 0 Å². The zero-order valence-electron chi connectivity index (χ0n) is 13.6. The summed E-state index contributed by atoms with van der Waals surface area (Å²) in [5, 5.41) is 10.9. The van der Waals surface area contributed by atoms with Crippen molar-refractivity contribution in [3.05, 3.63) is 63.6 Å². The van der Waals surface area contributed by atoms with Crippen molar-refractivity contribution < 1.29 is 14.6 Å². The standard InChI is InChI=1S/C19H19Cl2NO3/c20-15-8-14(9-16(21)10-15)19(24)22(12-17-5-3-7-25-17)11-13-4-1-2-6-18(13)23/h1-2,4,6,8-10,17,23H,3,5,7,11-12H2. The minimum atomic E-state index is -0.192. The summed E-state index contributed by atoms with van der Waals surface area (Å²) in [6.45, 7) is 1.46. The Morgan fingerprint density at radius 3 is 2.56 bits per heavy atom. The highest BCUT2D eigenvalue weighted by Gasteiger charge is 2.24. The van der Waals surface area contributed by atoms with Gasteiger partial charge in [0, 0.05) is 40.9 Å². The molecular weight excluding hydrogens is 361 g/mol. The fourth-order valence-corrected chi connectivity index (χ4v) is 3.49. The monoisotopic (exact) mass is 379 g/mol. The molecule has 1 heterocycles. The number of benzene rings is 2. The van der Waals surface area contributed by atoms with E-state index in [1.54, 1.807) is 41.3 Å². The highest BCUT2D eigenvalue weighted by molar-refractivity contribution is 6.35.